The van der Waals surface area contributed by atoms with E-state index in [4.69, 9.17) is 21.4 Å². The zero-order chi connectivity index (χ0) is 20.4. The highest BCUT2D eigenvalue weighted by Gasteiger charge is 2.08. The molecule has 28 heavy (non-hydrogen) atoms. The molecule has 0 unspecified atom stereocenters. The maximum Gasteiger partial charge on any atom is 0.133 e. The molecule has 4 N–H and O–H groups in total. The van der Waals surface area contributed by atoms with Crippen molar-refractivity contribution >= 4 is 5.97 Å². The highest BCUT2D eigenvalue weighted by atomic mass is 35.5. The van der Waals surface area contributed by atoms with Crippen LogP contribution in [0.3, 0.4) is 0 Å². The predicted octanol–water partition coefficient (Wildman–Crippen LogP) is -0.309. The first-order valence-corrected chi connectivity index (χ1v) is 7.19. The minimum atomic E-state index is -1.08. The number of hydrogen-bond acceptors (Lipinski definition) is 4. The normalized spacial score (nSPS) is 8.89. The summed E-state index contributed by atoms with van der Waals surface area (Å²) in [5.74, 6) is -5.03. The van der Waals surface area contributed by atoms with E-state index >= 15 is 0 Å². The van der Waals surface area contributed by atoms with Crippen molar-refractivity contribution in [2.45, 2.75) is 34.4 Å². The molecule has 0 radical (unpaired) electrons. The Hall–Kier alpha value is -2.23. The second-order valence-electron chi connectivity index (χ2n) is 4.95. The van der Waals surface area contributed by atoms with Gasteiger partial charge < -0.3 is 33.8 Å². The molecule has 0 aliphatic carbocycles. The first-order chi connectivity index (χ1) is 12.0. The molecular weight excluding hydrogens is 407 g/mol. The second-order valence-corrected chi connectivity index (χ2v) is 4.95. The molecule has 2 aromatic rings. The van der Waals surface area contributed by atoms with Crippen LogP contribution in [0.15, 0.2) is 24.3 Å². The Bertz CT molecular complexity index is 653. The minimum absolute atomic E-state index is 0. The first-order valence-electron chi connectivity index (χ1n) is 7.19. The van der Waals surface area contributed by atoms with Crippen molar-refractivity contribution in [1.82, 2.24) is 0 Å². The molecule has 0 aliphatic heterocycles. The van der Waals surface area contributed by atoms with Crippen LogP contribution in [0.25, 0.3) is 0 Å². The number of nitrogens with two attached hydrogens (primary N) is 2. The van der Waals surface area contributed by atoms with Gasteiger partial charge in [-0.15, -0.1) is 0 Å². The van der Waals surface area contributed by atoms with Crippen LogP contribution in [0.4, 0.5) is 22.0 Å². The van der Waals surface area contributed by atoms with Gasteiger partial charge in [0.15, 0.2) is 0 Å². The fourth-order valence-electron chi connectivity index (χ4n) is 1.69. The first kappa shape index (κ1) is 30.5. The lowest BCUT2D eigenvalue weighted by Gasteiger charge is -2.01. The molecule has 4 nitrogen and oxygen atoms in total. The summed E-state index contributed by atoms with van der Waals surface area (Å²) in [6.45, 7) is 2.24. The van der Waals surface area contributed by atoms with Gasteiger partial charge in [-0.3, -0.25) is 0 Å². The van der Waals surface area contributed by atoms with Crippen LogP contribution in [-0.4, -0.2) is 5.97 Å². The summed E-state index contributed by atoms with van der Waals surface area (Å²) < 4.78 is 62.9. The summed E-state index contributed by atoms with van der Waals surface area (Å²) >= 11 is 0. The summed E-state index contributed by atoms with van der Waals surface area (Å²) in [6.07, 6.45) is 0. The molecule has 0 saturated heterocycles. The van der Waals surface area contributed by atoms with Crippen molar-refractivity contribution in [3.63, 3.8) is 0 Å². The van der Waals surface area contributed by atoms with Gasteiger partial charge in [0, 0.05) is 42.3 Å². The highest BCUT2D eigenvalue weighted by molar-refractivity contribution is 5.60. The number of aryl methyl sites for hydroxylation is 1. The van der Waals surface area contributed by atoms with Crippen molar-refractivity contribution in [3.05, 3.63) is 70.0 Å². The average Bonchev–Trinajstić information content (AvgIpc) is 2.46. The number of hydrogen-bond donors (Lipinski definition) is 2. The summed E-state index contributed by atoms with van der Waals surface area (Å²) in [5.41, 5.74) is 10.4. The maximum absolute atomic E-state index is 12.8. The van der Waals surface area contributed by atoms with Gasteiger partial charge >= 0.3 is 0 Å². The Morgan fingerprint density at radius 2 is 1.11 bits per heavy atom. The van der Waals surface area contributed by atoms with Crippen molar-refractivity contribution in [3.8, 4) is 0 Å². The fourth-order valence-corrected chi connectivity index (χ4v) is 1.69. The Kier molecular flexibility index (Phi) is 16.1. The van der Waals surface area contributed by atoms with Crippen LogP contribution in [0.5, 0.6) is 0 Å². The smallest absolute Gasteiger partial charge is 0.133 e. The third kappa shape index (κ3) is 10.8. The van der Waals surface area contributed by atoms with E-state index in [9.17, 15) is 22.0 Å². The summed E-state index contributed by atoms with van der Waals surface area (Å²) in [7, 11) is 0. The standard InChI is InChI=1S/C8H9F2N.C7H6F3N.C2H4O2.CH4.ClH/c1-5-2-7(9)6(4-11)8(10)3-5;8-4-1-6(9)5(3-11)7(10)2-4;1-2(3)4;;/h2-3H,4,11H2,1H3;1-2H,3,11H2;1H3,(H,3,4);1H4;1H/p-2. The summed E-state index contributed by atoms with van der Waals surface area (Å²) in [6, 6.07) is 3.74. The molecule has 0 saturated carbocycles. The van der Waals surface area contributed by atoms with Crippen LogP contribution < -0.4 is 29.0 Å². The van der Waals surface area contributed by atoms with E-state index in [1.54, 1.807) is 6.92 Å². The zero-order valence-corrected chi connectivity index (χ0v) is 15.2. The molecule has 0 atom stereocenters. The number of carbonyl (C=O) groups excluding carboxylic acids is 1. The topological polar surface area (TPSA) is 92.2 Å². The van der Waals surface area contributed by atoms with Gasteiger partial charge in [-0.1, -0.05) is 7.43 Å². The number of carboxylic acids is 1. The van der Waals surface area contributed by atoms with Crippen LogP contribution in [0, 0.1) is 36.0 Å². The summed E-state index contributed by atoms with van der Waals surface area (Å²) in [5, 5.41) is 8.89. The molecule has 2 rings (SSSR count). The Balaban J connectivity index is -0.000000355. The molecular formula is C18H22ClF5N2O2-2. The fraction of sp³-hybridized carbons (Fsp3) is 0.278. The number of rotatable bonds is 2. The lowest BCUT2D eigenvalue weighted by atomic mass is 10.1. The largest absolute Gasteiger partial charge is 1.00 e. The van der Waals surface area contributed by atoms with E-state index in [1.165, 1.54) is 12.1 Å². The number of benzene rings is 2. The van der Waals surface area contributed by atoms with Gasteiger partial charge in [0.2, 0.25) is 0 Å². The zero-order valence-electron chi connectivity index (χ0n) is 14.5. The van der Waals surface area contributed by atoms with E-state index in [0.717, 1.165) is 6.92 Å². The van der Waals surface area contributed by atoms with Crippen LogP contribution in [0.1, 0.15) is 31.0 Å². The van der Waals surface area contributed by atoms with E-state index in [-0.39, 0.29) is 44.1 Å². The van der Waals surface area contributed by atoms with E-state index in [2.05, 4.69) is 0 Å². The van der Waals surface area contributed by atoms with Crippen molar-refractivity contribution in [2.75, 3.05) is 0 Å². The van der Waals surface area contributed by atoms with Crippen molar-refractivity contribution < 1.29 is 44.3 Å². The molecule has 0 amide bonds. The number of carbonyl (C=O) groups is 1. The number of halogens is 6. The molecule has 0 aromatic heterocycles. The monoisotopic (exact) mass is 428 g/mol. The number of carboxylic acid groups (broad SMARTS) is 1. The quantitative estimate of drug-likeness (QED) is 0.642. The lowest BCUT2D eigenvalue weighted by Crippen LogP contribution is -3.00. The average molecular weight is 429 g/mol. The SMILES string of the molecule is C.CC(=O)[O-].Cc1cc(F)c(CN)c(F)c1.NCc1c(F)cc(F)cc1F.[Cl-]. The van der Waals surface area contributed by atoms with Gasteiger partial charge in [-0.2, -0.15) is 0 Å². The highest BCUT2D eigenvalue weighted by Crippen LogP contribution is 2.14. The van der Waals surface area contributed by atoms with Gasteiger partial charge in [-0.25, -0.2) is 22.0 Å². The minimum Gasteiger partial charge on any atom is -1.00 e. The Labute approximate surface area is 166 Å². The molecule has 0 bridgehead atoms. The van der Waals surface area contributed by atoms with Gasteiger partial charge in [0.25, 0.3) is 0 Å². The molecule has 160 valence electrons. The molecule has 0 spiro atoms. The van der Waals surface area contributed by atoms with Crippen molar-refractivity contribution in [2.24, 2.45) is 11.5 Å². The molecule has 0 fully saturated rings. The third-order valence-corrected chi connectivity index (χ3v) is 2.80. The maximum atomic E-state index is 12.8. The number of aliphatic carboxylic acids is 1. The molecule has 0 heterocycles. The van der Waals surface area contributed by atoms with E-state index in [0.29, 0.717) is 17.7 Å². The molecule has 10 heteroatoms. The Morgan fingerprint density at radius 1 is 0.857 bits per heavy atom. The molecule has 2 aromatic carbocycles. The van der Waals surface area contributed by atoms with Crippen LogP contribution >= 0.6 is 0 Å². The second kappa shape index (κ2) is 14.8. The third-order valence-electron chi connectivity index (χ3n) is 2.80. The van der Waals surface area contributed by atoms with Gasteiger partial charge in [-0.05, 0) is 31.5 Å². The molecule has 0 aliphatic rings. The Morgan fingerprint density at radius 3 is 1.36 bits per heavy atom. The van der Waals surface area contributed by atoms with E-state index in [1.807, 2.05) is 0 Å². The lowest BCUT2D eigenvalue weighted by molar-refractivity contribution is -0.302. The van der Waals surface area contributed by atoms with E-state index < -0.39 is 35.1 Å². The van der Waals surface area contributed by atoms with Crippen molar-refractivity contribution in [1.29, 1.82) is 0 Å². The summed E-state index contributed by atoms with van der Waals surface area (Å²) in [4.78, 5) is 8.89. The van der Waals surface area contributed by atoms with Gasteiger partial charge in [0.1, 0.15) is 29.1 Å². The van der Waals surface area contributed by atoms with Gasteiger partial charge in [0.05, 0.1) is 0 Å². The van der Waals surface area contributed by atoms with Crippen LogP contribution in [0.2, 0.25) is 0 Å². The predicted molar refractivity (Wildman–Crippen MR) is 90.6 cm³/mol. The van der Waals surface area contributed by atoms with Crippen LogP contribution in [-0.2, 0) is 17.9 Å².